The molecule has 0 bridgehead atoms. The van der Waals surface area contributed by atoms with Gasteiger partial charge in [0.25, 0.3) is 5.91 Å². The molecule has 2 rings (SSSR count). The van der Waals surface area contributed by atoms with Crippen LogP contribution in [0.3, 0.4) is 0 Å². The number of rotatable bonds is 2. The Morgan fingerprint density at radius 3 is 3.05 bits per heavy atom. The van der Waals surface area contributed by atoms with Crippen LogP contribution in [0.5, 0.6) is 0 Å². The predicted octanol–water partition coefficient (Wildman–Crippen LogP) is 2.89. The van der Waals surface area contributed by atoms with Crippen LogP contribution in [-0.4, -0.2) is 35.1 Å². The Morgan fingerprint density at radius 1 is 1.45 bits per heavy atom. The van der Waals surface area contributed by atoms with Gasteiger partial charge in [0.15, 0.2) is 0 Å². The fourth-order valence-electron chi connectivity index (χ4n) is 2.66. The lowest BCUT2D eigenvalue weighted by molar-refractivity contribution is 0.0683. The van der Waals surface area contributed by atoms with Crippen LogP contribution in [-0.2, 0) is 0 Å². The van der Waals surface area contributed by atoms with Crippen LogP contribution in [0.25, 0.3) is 0 Å². The van der Waals surface area contributed by atoms with Gasteiger partial charge in [0.1, 0.15) is 6.61 Å². The first-order valence-corrected chi connectivity index (χ1v) is 8.08. The van der Waals surface area contributed by atoms with Gasteiger partial charge in [-0.1, -0.05) is 31.6 Å². The number of carbonyl (C=O) groups is 1. The maximum Gasteiger partial charge on any atom is 0.264 e. The fourth-order valence-corrected chi connectivity index (χ4v) is 3.49. The third-order valence-electron chi connectivity index (χ3n) is 3.72. The standard InChI is InChI=1S/C16H21NO2S/c1-2-13-7-4-3-5-11-17(13)16(19)15-10-9-14(20-15)8-6-12-18/h9-10,13,18H,2-5,7,11-12H2,1H3. The summed E-state index contributed by atoms with van der Waals surface area (Å²) < 4.78 is 0. The Hall–Kier alpha value is -1.31. The molecule has 0 spiro atoms. The summed E-state index contributed by atoms with van der Waals surface area (Å²) in [7, 11) is 0. The lowest BCUT2D eigenvalue weighted by Crippen LogP contribution is -2.39. The van der Waals surface area contributed by atoms with E-state index in [1.165, 1.54) is 24.2 Å². The third kappa shape index (κ3) is 3.62. The van der Waals surface area contributed by atoms with Gasteiger partial charge in [-0.3, -0.25) is 4.79 Å². The zero-order valence-corrected chi connectivity index (χ0v) is 12.7. The van der Waals surface area contributed by atoms with Crippen molar-refractivity contribution in [3.05, 3.63) is 21.9 Å². The molecule has 108 valence electrons. The van der Waals surface area contributed by atoms with Crippen molar-refractivity contribution < 1.29 is 9.90 Å². The number of hydrogen-bond acceptors (Lipinski definition) is 3. The number of nitrogens with zero attached hydrogens (tertiary/aromatic N) is 1. The molecule has 1 amide bonds. The summed E-state index contributed by atoms with van der Waals surface area (Å²) in [5.74, 6) is 5.61. The zero-order valence-electron chi connectivity index (χ0n) is 11.9. The largest absolute Gasteiger partial charge is 0.384 e. The highest BCUT2D eigenvalue weighted by molar-refractivity contribution is 7.14. The topological polar surface area (TPSA) is 40.5 Å². The van der Waals surface area contributed by atoms with Crippen molar-refractivity contribution in [2.45, 2.75) is 45.1 Å². The molecule has 1 unspecified atom stereocenters. The molecule has 4 heteroatoms. The van der Waals surface area contributed by atoms with Crippen LogP contribution in [0.1, 0.15) is 53.6 Å². The molecule has 1 N–H and O–H groups in total. The van der Waals surface area contributed by atoms with Crippen LogP contribution in [0.2, 0.25) is 0 Å². The van der Waals surface area contributed by atoms with Gasteiger partial charge in [-0.05, 0) is 31.4 Å². The van der Waals surface area contributed by atoms with E-state index >= 15 is 0 Å². The lowest BCUT2D eigenvalue weighted by Gasteiger charge is -2.28. The monoisotopic (exact) mass is 291 g/mol. The lowest BCUT2D eigenvalue weighted by atomic mass is 10.1. The maximum atomic E-state index is 12.6. The van der Waals surface area contributed by atoms with Crippen molar-refractivity contribution in [3.8, 4) is 11.8 Å². The number of carbonyl (C=O) groups excluding carboxylic acids is 1. The Balaban J connectivity index is 2.14. The molecular formula is C16H21NO2S. The molecule has 20 heavy (non-hydrogen) atoms. The first kappa shape index (κ1) is 15.1. The molecule has 1 aromatic heterocycles. The molecule has 1 fully saturated rings. The molecule has 1 saturated heterocycles. The molecule has 1 aliphatic rings. The highest BCUT2D eigenvalue weighted by Crippen LogP contribution is 2.24. The van der Waals surface area contributed by atoms with E-state index in [1.807, 2.05) is 17.0 Å². The summed E-state index contributed by atoms with van der Waals surface area (Å²) >= 11 is 1.42. The number of hydrogen-bond donors (Lipinski definition) is 1. The normalized spacial score (nSPS) is 19.1. The first-order valence-electron chi connectivity index (χ1n) is 7.26. The Labute approximate surface area is 124 Å². The average molecular weight is 291 g/mol. The van der Waals surface area contributed by atoms with Crippen LogP contribution in [0, 0.1) is 11.8 Å². The highest BCUT2D eigenvalue weighted by atomic mass is 32.1. The molecule has 1 aromatic rings. The summed E-state index contributed by atoms with van der Waals surface area (Å²) in [6.45, 7) is 2.88. The Kier molecular flexibility index (Phi) is 5.63. The molecule has 1 atom stereocenters. The molecule has 0 aromatic carbocycles. The number of amides is 1. The maximum absolute atomic E-state index is 12.6. The summed E-state index contributed by atoms with van der Waals surface area (Å²) in [4.78, 5) is 16.3. The van der Waals surface area contributed by atoms with Gasteiger partial charge < -0.3 is 10.0 Å². The molecule has 1 aliphatic heterocycles. The number of likely N-dealkylation sites (tertiary alicyclic amines) is 1. The van der Waals surface area contributed by atoms with E-state index in [9.17, 15) is 4.79 Å². The van der Waals surface area contributed by atoms with E-state index in [2.05, 4.69) is 18.8 Å². The number of aliphatic hydroxyl groups excluding tert-OH is 1. The highest BCUT2D eigenvalue weighted by Gasteiger charge is 2.25. The van der Waals surface area contributed by atoms with Gasteiger partial charge in [-0.2, -0.15) is 0 Å². The third-order valence-corrected chi connectivity index (χ3v) is 4.71. The van der Waals surface area contributed by atoms with Crippen molar-refractivity contribution >= 4 is 17.2 Å². The molecular weight excluding hydrogens is 270 g/mol. The molecule has 0 saturated carbocycles. The zero-order chi connectivity index (χ0) is 14.4. The summed E-state index contributed by atoms with van der Waals surface area (Å²) in [5.41, 5.74) is 0. The first-order chi connectivity index (χ1) is 9.76. The minimum atomic E-state index is -0.148. The van der Waals surface area contributed by atoms with Crippen molar-refractivity contribution in [1.29, 1.82) is 0 Å². The van der Waals surface area contributed by atoms with Gasteiger partial charge in [0.2, 0.25) is 0 Å². The summed E-state index contributed by atoms with van der Waals surface area (Å²) in [6, 6.07) is 4.09. The van der Waals surface area contributed by atoms with Crippen molar-refractivity contribution in [1.82, 2.24) is 4.90 Å². The second-order valence-electron chi connectivity index (χ2n) is 5.03. The van der Waals surface area contributed by atoms with Gasteiger partial charge in [-0.25, -0.2) is 0 Å². The van der Waals surface area contributed by atoms with Crippen LogP contribution < -0.4 is 0 Å². The van der Waals surface area contributed by atoms with Crippen LogP contribution >= 0.6 is 11.3 Å². The second-order valence-corrected chi connectivity index (χ2v) is 6.12. The van der Waals surface area contributed by atoms with Gasteiger partial charge >= 0.3 is 0 Å². The Bertz CT molecular complexity index is 512. The second kappa shape index (κ2) is 7.47. The van der Waals surface area contributed by atoms with Crippen LogP contribution in [0.4, 0.5) is 0 Å². The quantitative estimate of drug-likeness (QED) is 0.851. The van der Waals surface area contributed by atoms with E-state index in [1.54, 1.807) is 0 Å². The minimum absolute atomic E-state index is 0.140. The molecule has 3 nitrogen and oxygen atoms in total. The molecule has 0 aliphatic carbocycles. The predicted molar refractivity (Wildman–Crippen MR) is 81.9 cm³/mol. The smallest absolute Gasteiger partial charge is 0.264 e. The van der Waals surface area contributed by atoms with Crippen molar-refractivity contribution in [3.63, 3.8) is 0 Å². The van der Waals surface area contributed by atoms with Crippen molar-refractivity contribution in [2.75, 3.05) is 13.2 Å². The molecule has 0 radical (unpaired) electrons. The van der Waals surface area contributed by atoms with E-state index in [4.69, 9.17) is 5.11 Å². The van der Waals surface area contributed by atoms with Crippen LogP contribution in [0.15, 0.2) is 12.1 Å². The van der Waals surface area contributed by atoms with E-state index in [0.717, 1.165) is 35.6 Å². The minimum Gasteiger partial charge on any atom is -0.384 e. The van der Waals surface area contributed by atoms with E-state index in [0.29, 0.717) is 6.04 Å². The van der Waals surface area contributed by atoms with E-state index < -0.39 is 0 Å². The van der Waals surface area contributed by atoms with E-state index in [-0.39, 0.29) is 12.5 Å². The van der Waals surface area contributed by atoms with Gasteiger partial charge in [0, 0.05) is 12.6 Å². The average Bonchev–Trinajstić information content (AvgIpc) is 2.81. The van der Waals surface area contributed by atoms with Gasteiger partial charge in [0.05, 0.1) is 9.75 Å². The summed E-state index contributed by atoms with van der Waals surface area (Å²) in [5, 5.41) is 8.70. The van der Waals surface area contributed by atoms with Crippen molar-refractivity contribution in [2.24, 2.45) is 0 Å². The number of aliphatic hydroxyl groups is 1. The fraction of sp³-hybridized carbons (Fsp3) is 0.562. The Morgan fingerprint density at radius 2 is 2.30 bits per heavy atom. The van der Waals surface area contributed by atoms with Gasteiger partial charge in [-0.15, -0.1) is 11.3 Å². The SMILES string of the molecule is CCC1CCCCCN1C(=O)c1ccc(C#CCO)s1. The number of thiophene rings is 1. The summed E-state index contributed by atoms with van der Waals surface area (Å²) in [6.07, 6.45) is 5.68. The molecule has 2 heterocycles.